The van der Waals surface area contributed by atoms with Gasteiger partial charge in [0.25, 0.3) is 0 Å². The Kier molecular flexibility index (Phi) is 9.29. The van der Waals surface area contributed by atoms with Gasteiger partial charge in [0.15, 0.2) is 18.2 Å². The Hall–Kier alpha value is -2.83. The van der Waals surface area contributed by atoms with Crippen molar-refractivity contribution in [3.8, 4) is 5.75 Å². The lowest BCUT2D eigenvalue weighted by Gasteiger charge is -2.24. The van der Waals surface area contributed by atoms with Gasteiger partial charge in [-0.25, -0.2) is 0 Å². The number of ether oxygens (including phenoxy) is 3. The first-order valence-corrected chi connectivity index (χ1v) is 10.7. The smallest absolute Gasteiger partial charge is 0.303 e. The van der Waals surface area contributed by atoms with Gasteiger partial charge in [0.1, 0.15) is 5.75 Å². The summed E-state index contributed by atoms with van der Waals surface area (Å²) in [4.78, 5) is 22.2. The van der Waals surface area contributed by atoms with Gasteiger partial charge in [-0.3, -0.25) is 4.79 Å². The fourth-order valence-electron chi connectivity index (χ4n) is 3.74. The average molecular weight is 443 g/mol. The number of carbonyl (C=O) groups is 1. The minimum atomic E-state index is -0.574. The second-order valence-corrected chi connectivity index (χ2v) is 7.72. The zero-order valence-electron chi connectivity index (χ0n) is 20.1. The fraction of sp³-hybridized carbons (Fsp3) is 0.423. The predicted molar refractivity (Wildman–Crippen MR) is 124 cm³/mol. The fourth-order valence-corrected chi connectivity index (χ4v) is 3.74. The molecule has 0 saturated heterocycles. The third-order valence-electron chi connectivity index (χ3n) is 5.07. The van der Waals surface area contributed by atoms with E-state index in [1.165, 1.54) is 14.0 Å². The van der Waals surface area contributed by atoms with Crippen molar-refractivity contribution in [3.05, 3.63) is 76.1 Å². The molecule has 174 valence electrons. The largest absolute Gasteiger partial charge is 0.465 e. The molecule has 1 aliphatic rings. The summed E-state index contributed by atoms with van der Waals surface area (Å²) in [5.41, 5.74) is 5.46. The summed E-state index contributed by atoms with van der Waals surface area (Å²) in [5.74, 6) is 0.924. The lowest BCUT2D eigenvalue weighted by atomic mass is 9.92. The van der Waals surface area contributed by atoms with E-state index in [2.05, 4.69) is 6.58 Å². The molecule has 1 aromatic rings. The van der Waals surface area contributed by atoms with E-state index < -0.39 is 6.10 Å². The minimum absolute atomic E-state index is 0.354. The van der Waals surface area contributed by atoms with Crippen LogP contribution in [0.15, 0.2) is 59.4 Å². The maximum absolute atomic E-state index is 12.0. The van der Waals surface area contributed by atoms with Crippen molar-refractivity contribution in [1.82, 2.24) is 0 Å². The maximum atomic E-state index is 12.0. The summed E-state index contributed by atoms with van der Waals surface area (Å²) >= 11 is 0. The molecule has 0 bridgehead atoms. The van der Waals surface area contributed by atoms with Crippen LogP contribution in [0.2, 0.25) is 0 Å². The molecule has 0 spiro atoms. The second kappa shape index (κ2) is 11.7. The molecule has 0 amide bonds. The van der Waals surface area contributed by atoms with Crippen LogP contribution in [0.25, 0.3) is 0 Å². The zero-order chi connectivity index (χ0) is 23.8. The Bertz CT molecular complexity index is 915. The molecule has 0 aliphatic heterocycles. The van der Waals surface area contributed by atoms with Crippen LogP contribution in [0.5, 0.6) is 5.75 Å². The number of esters is 1. The van der Waals surface area contributed by atoms with Crippen molar-refractivity contribution in [2.45, 2.75) is 60.4 Å². The first-order valence-electron chi connectivity index (χ1n) is 10.7. The van der Waals surface area contributed by atoms with E-state index >= 15 is 0 Å². The van der Waals surface area contributed by atoms with Crippen molar-refractivity contribution >= 4 is 5.97 Å². The topological polar surface area (TPSA) is 63.2 Å². The summed E-state index contributed by atoms with van der Waals surface area (Å²) in [6.07, 6.45) is 5.37. The maximum Gasteiger partial charge on any atom is 0.303 e. The van der Waals surface area contributed by atoms with E-state index in [9.17, 15) is 4.79 Å². The molecular formula is C26H34O6. The number of allylic oxidation sites excluding steroid dienone is 4. The van der Waals surface area contributed by atoms with Crippen molar-refractivity contribution in [2.24, 2.45) is 0 Å². The number of aryl methyl sites for hydroxylation is 2. The van der Waals surface area contributed by atoms with Crippen molar-refractivity contribution < 1.29 is 28.8 Å². The molecular weight excluding hydrogens is 408 g/mol. The van der Waals surface area contributed by atoms with Crippen LogP contribution in [0, 0.1) is 13.8 Å². The monoisotopic (exact) mass is 442 g/mol. The highest BCUT2D eigenvalue weighted by Crippen LogP contribution is 2.37. The Morgan fingerprint density at radius 2 is 1.81 bits per heavy atom. The highest BCUT2D eigenvalue weighted by atomic mass is 17.2. The second-order valence-electron chi connectivity index (χ2n) is 7.72. The molecule has 0 fully saturated rings. The average Bonchev–Trinajstić information content (AvgIpc) is 2.89. The first kappa shape index (κ1) is 25.4. The van der Waals surface area contributed by atoms with E-state index in [-0.39, 0.29) is 12.3 Å². The van der Waals surface area contributed by atoms with Crippen LogP contribution in [0.3, 0.4) is 0 Å². The van der Waals surface area contributed by atoms with E-state index in [1.807, 2.05) is 65.0 Å². The highest BCUT2D eigenvalue weighted by molar-refractivity contribution is 5.67. The normalized spacial score (nSPS) is 15.5. The highest BCUT2D eigenvalue weighted by Gasteiger charge is 2.25. The van der Waals surface area contributed by atoms with Gasteiger partial charge < -0.3 is 19.1 Å². The van der Waals surface area contributed by atoms with Crippen molar-refractivity contribution in [3.63, 3.8) is 0 Å². The third kappa shape index (κ3) is 6.58. The molecule has 0 radical (unpaired) electrons. The minimum Gasteiger partial charge on any atom is -0.465 e. The number of carbonyl (C=O) groups excluding carboxylic acids is 1. The number of benzene rings is 1. The van der Waals surface area contributed by atoms with Crippen LogP contribution < -0.4 is 4.74 Å². The van der Waals surface area contributed by atoms with Crippen LogP contribution in [-0.4, -0.2) is 26.0 Å². The number of hydrogen-bond acceptors (Lipinski definition) is 6. The Morgan fingerprint density at radius 1 is 1.16 bits per heavy atom. The van der Waals surface area contributed by atoms with E-state index in [0.29, 0.717) is 24.5 Å². The van der Waals surface area contributed by atoms with Crippen LogP contribution in [-0.2, 0) is 24.0 Å². The third-order valence-corrected chi connectivity index (χ3v) is 5.07. The first-order chi connectivity index (χ1) is 15.2. The lowest BCUT2D eigenvalue weighted by Crippen LogP contribution is -2.17. The van der Waals surface area contributed by atoms with Gasteiger partial charge in [-0.05, 0) is 75.9 Å². The summed E-state index contributed by atoms with van der Waals surface area (Å²) in [6.45, 7) is 15.7. The summed E-state index contributed by atoms with van der Waals surface area (Å²) in [6, 6.07) is 3.87. The summed E-state index contributed by atoms with van der Waals surface area (Å²) < 4.78 is 17.2. The summed E-state index contributed by atoms with van der Waals surface area (Å²) in [5, 5.41) is 0. The Labute approximate surface area is 191 Å². The molecule has 1 aromatic carbocycles. The number of rotatable bonds is 10. The van der Waals surface area contributed by atoms with Crippen molar-refractivity contribution in [1.29, 1.82) is 0 Å². The predicted octanol–water partition coefficient (Wildman–Crippen LogP) is 5.96. The van der Waals surface area contributed by atoms with Gasteiger partial charge in [0, 0.05) is 24.7 Å². The SMILES string of the molecule is C=C(C)C1=C(OOC)C=CC(C(OC(C)=O)c2c(C)cc(OC(C)OCC)cc2C)=CC1. The van der Waals surface area contributed by atoms with Gasteiger partial charge in [-0.1, -0.05) is 24.3 Å². The van der Waals surface area contributed by atoms with Gasteiger partial charge in [0.2, 0.25) is 0 Å². The van der Waals surface area contributed by atoms with E-state index in [1.54, 1.807) is 0 Å². The van der Waals surface area contributed by atoms with Crippen LogP contribution in [0.1, 0.15) is 56.9 Å². The zero-order valence-corrected chi connectivity index (χ0v) is 20.1. The van der Waals surface area contributed by atoms with Gasteiger partial charge >= 0.3 is 5.97 Å². The Balaban J connectivity index is 2.46. The van der Waals surface area contributed by atoms with Crippen LogP contribution >= 0.6 is 0 Å². The summed E-state index contributed by atoms with van der Waals surface area (Å²) in [7, 11) is 1.46. The van der Waals surface area contributed by atoms with Gasteiger partial charge in [-0.2, -0.15) is 4.89 Å². The molecule has 0 N–H and O–H groups in total. The molecule has 2 atom stereocenters. The number of hydrogen-bond donors (Lipinski definition) is 0. The molecule has 6 nitrogen and oxygen atoms in total. The molecule has 2 unspecified atom stereocenters. The molecule has 1 aliphatic carbocycles. The lowest BCUT2D eigenvalue weighted by molar-refractivity contribution is -0.233. The molecule has 0 aromatic heterocycles. The van der Waals surface area contributed by atoms with Gasteiger partial charge in [-0.15, -0.1) is 0 Å². The molecule has 2 rings (SSSR count). The molecule has 0 saturated carbocycles. The van der Waals surface area contributed by atoms with E-state index in [0.717, 1.165) is 33.4 Å². The van der Waals surface area contributed by atoms with Crippen LogP contribution in [0.4, 0.5) is 0 Å². The molecule has 6 heteroatoms. The van der Waals surface area contributed by atoms with E-state index in [4.69, 9.17) is 24.0 Å². The molecule has 32 heavy (non-hydrogen) atoms. The Morgan fingerprint density at radius 3 is 2.34 bits per heavy atom. The van der Waals surface area contributed by atoms with Gasteiger partial charge in [0.05, 0.1) is 7.11 Å². The van der Waals surface area contributed by atoms with Crippen molar-refractivity contribution in [2.75, 3.05) is 13.7 Å². The standard InChI is InChI=1S/C26H34O6/c1-9-29-20(7)31-22-14-17(4)25(18(5)15-22)26(30-19(6)27)21-10-12-23(16(2)3)24(13-11-21)32-28-8/h10-11,13-15,20,26H,2,9,12H2,1,3-8H3. The quantitative estimate of drug-likeness (QED) is 0.193. The molecule has 0 heterocycles.